The molecule has 0 atom stereocenters. The predicted molar refractivity (Wildman–Crippen MR) is 87.2 cm³/mol. The highest BCUT2D eigenvalue weighted by molar-refractivity contribution is 9.10. The van der Waals surface area contributed by atoms with Gasteiger partial charge in [0.2, 0.25) is 0 Å². The van der Waals surface area contributed by atoms with Crippen molar-refractivity contribution >= 4 is 21.6 Å². The number of aryl methyl sites for hydroxylation is 1. The molecule has 4 nitrogen and oxygen atoms in total. The van der Waals surface area contributed by atoms with Crippen LogP contribution < -0.4 is 5.32 Å². The van der Waals surface area contributed by atoms with E-state index >= 15 is 0 Å². The first-order chi connectivity index (χ1) is 10.1. The molecule has 0 radical (unpaired) electrons. The van der Waals surface area contributed by atoms with E-state index in [0.717, 1.165) is 10.9 Å². The van der Waals surface area contributed by atoms with Crippen LogP contribution in [0.5, 0.6) is 0 Å². The smallest absolute Gasteiger partial charge is 0.273 e. The Morgan fingerprint density at radius 1 is 1.10 bits per heavy atom. The fourth-order valence-corrected chi connectivity index (χ4v) is 2.69. The molecule has 2 aromatic rings. The summed E-state index contributed by atoms with van der Waals surface area (Å²) in [5, 5.41) is 14.3. The van der Waals surface area contributed by atoms with E-state index in [2.05, 4.69) is 40.3 Å². The highest BCUT2D eigenvalue weighted by Crippen LogP contribution is 2.23. The predicted octanol–water partition coefficient (Wildman–Crippen LogP) is 4.21. The zero-order valence-corrected chi connectivity index (χ0v) is 13.4. The van der Waals surface area contributed by atoms with Crippen LogP contribution >= 0.6 is 15.9 Å². The van der Waals surface area contributed by atoms with Crippen molar-refractivity contribution in [3.63, 3.8) is 0 Å². The van der Waals surface area contributed by atoms with Crippen LogP contribution in [0.2, 0.25) is 0 Å². The number of hydrogen-bond acceptors (Lipinski definition) is 3. The minimum absolute atomic E-state index is 0.148. The number of nitrogens with one attached hydrogen (secondary N) is 1. The summed E-state index contributed by atoms with van der Waals surface area (Å²) in [6.45, 7) is 3.29. The number of nitro benzene ring substituents is 1. The van der Waals surface area contributed by atoms with Gasteiger partial charge in [-0.25, -0.2) is 0 Å². The quantitative estimate of drug-likeness (QED) is 0.628. The van der Waals surface area contributed by atoms with Crippen LogP contribution in [0.15, 0.2) is 46.9 Å². The first-order valence-corrected chi connectivity index (χ1v) is 7.61. The van der Waals surface area contributed by atoms with Crippen molar-refractivity contribution in [2.45, 2.75) is 26.4 Å². The summed E-state index contributed by atoms with van der Waals surface area (Å²) in [5.74, 6) is 0. The molecule has 0 fully saturated rings. The molecule has 0 unspecified atom stereocenters. The summed E-state index contributed by atoms with van der Waals surface area (Å²) in [7, 11) is 0. The van der Waals surface area contributed by atoms with Crippen molar-refractivity contribution in [3.8, 4) is 0 Å². The Balaban J connectivity index is 2.07. The van der Waals surface area contributed by atoms with Gasteiger partial charge in [-0.15, -0.1) is 0 Å². The van der Waals surface area contributed by atoms with Gasteiger partial charge < -0.3 is 5.32 Å². The summed E-state index contributed by atoms with van der Waals surface area (Å²) >= 11 is 3.35. The number of benzene rings is 2. The summed E-state index contributed by atoms with van der Waals surface area (Å²) in [4.78, 5) is 10.7. The maximum absolute atomic E-state index is 11.0. The maximum Gasteiger partial charge on any atom is 0.273 e. The Morgan fingerprint density at radius 3 is 2.43 bits per heavy atom. The van der Waals surface area contributed by atoms with Gasteiger partial charge in [-0.05, 0) is 29.7 Å². The van der Waals surface area contributed by atoms with Gasteiger partial charge in [0.25, 0.3) is 5.69 Å². The summed E-state index contributed by atoms with van der Waals surface area (Å²) in [5.41, 5.74) is 3.37. The van der Waals surface area contributed by atoms with Crippen molar-refractivity contribution in [3.05, 3.63) is 73.7 Å². The van der Waals surface area contributed by atoms with Crippen LogP contribution in [0.3, 0.4) is 0 Å². The minimum atomic E-state index is -0.344. The lowest BCUT2D eigenvalue weighted by Gasteiger charge is -2.09. The van der Waals surface area contributed by atoms with Crippen molar-refractivity contribution in [1.82, 2.24) is 5.32 Å². The Kier molecular flexibility index (Phi) is 5.47. The van der Waals surface area contributed by atoms with E-state index in [4.69, 9.17) is 0 Å². The Labute approximate surface area is 132 Å². The maximum atomic E-state index is 11.0. The third kappa shape index (κ3) is 4.12. The zero-order chi connectivity index (χ0) is 15.2. The zero-order valence-electron chi connectivity index (χ0n) is 11.8. The molecule has 0 aliphatic carbocycles. The van der Waals surface area contributed by atoms with Crippen molar-refractivity contribution in [2.75, 3.05) is 0 Å². The molecule has 0 heterocycles. The highest BCUT2D eigenvalue weighted by Gasteiger charge is 2.13. The first-order valence-electron chi connectivity index (χ1n) is 6.82. The number of halogens is 1. The van der Waals surface area contributed by atoms with E-state index in [1.54, 1.807) is 12.1 Å². The molecule has 0 saturated carbocycles. The second-order valence-corrected chi connectivity index (χ2v) is 5.67. The van der Waals surface area contributed by atoms with Crippen molar-refractivity contribution < 1.29 is 4.92 Å². The van der Waals surface area contributed by atoms with Crippen LogP contribution in [0.25, 0.3) is 0 Å². The normalized spacial score (nSPS) is 10.6. The fraction of sp³-hybridized carbons (Fsp3) is 0.250. The van der Waals surface area contributed by atoms with Crippen LogP contribution in [0.4, 0.5) is 5.69 Å². The third-order valence-corrected chi connectivity index (χ3v) is 3.86. The molecule has 0 saturated heterocycles. The van der Waals surface area contributed by atoms with Gasteiger partial charge in [-0.1, -0.05) is 47.1 Å². The fourth-order valence-electron chi connectivity index (χ4n) is 2.28. The van der Waals surface area contributed by atoms with Gasteiger partial charge in [0.1, 0.15) is 0 Å². The van der Waals surface area contributed by atoms with Gasteiger partial charge in [0, 0.05) is 29.2 Å². The Bertz CT molecular complexity index is 644. The first kappa shape index (κ1) is 15.7. The lowest BCUT2D eigenvalue weighted by atomic mass is 10.1. The van der Waals surface area contributed by atoms with Gasteiger partial charge in [0.15, 0.2) is 0 Å². The van der Waals surface area contributed by atoms with E-state index < -0.39 is 0 Å². The monoisotopic (exact) mass is 348 g/mol. The molecule has 21 heavy (non-hydrogen) atoms. The van der Waals surface area contributed by atoms with E-state index in [1.807, 2.05) is 12.1 Å². The van der Waals surface area contributed by atoms with Crippen LogP contribution in [-0.2, 0) is 19.5 Å². The van der Waals surface area contributed by atoms with Crippen LogP contribution in [-0.4, -0.2) is 4.92 Å². The van der Waals surface area contributed by atoms with Crippen molar-refractivity contribution in [2.24, 2.45) is 0 Å². The van der Waals surface area contributed by atoms with E-state index in [0.29, 0.717) is 18.7 Å². The van der Waals surface area contributed by atoms with Gasteiger partial charge in [-0.2, -0.15) is 0 Å². The largest absolute Gasteiger partial charge is 0.308 e. The molecule has 1 N–H and O–H groups in total. The van der Waals surface area contributed by atoms with E-state index in [9.17, 15) is 10.1 Å². The number of nitrogens with zero attached hydrogens (tertiary/aromatic N) is 1. The lowest BCUT2D eigenvalue weighted by Crippen LogP contribution is -2.15. The number of rotatable bonds is 6. The molecular formula is C16H17BrN2O2. The molecule has 0 amide bonds. The number of nitro groups is 1. The average Bonchev–Trinajstić information content (AvgIpc) is 2.47. The van der Waals surface area contributed by atoms with Crippen LogP contribution in [0, 0.1) is 10.1 Å². The van der Waals surface area contributed by atoms with Gasteiger partial charge >= 0.3 is 0 Å². The van der Waals surface area contributed by atoms with Crippen LogP contribution in [0.1, 0.15) is 23.6 Å². The van der Waals surface area contributed by atoms with Gasteiger partial charge in [0.05, 0.1) is 4.92 Å². The topological polar surface area (TPSA) is 55.2 Å². The second kappa shape index (κ2) is 7.33. The molecule has 0 aliphatic rings. The summed E-state index contributed by atoms with van der Waals surface area (Å²) in [6, 6.07) is 13.2. The molecule has 0 bridgehead atoms. The molecule has 0 spiro atoms. The molecular weight excluding hydrogens is 332 g/mol. The molecule has 5 heteroatoms. The SMILES string of the molecule is CCc1ccccc1CNCc1cc(Br)ccc1[N+](=O)[O-]. The molecule has 2 rings (SSSR count). The molecule has 0 aliphatic heterocycles. The summed E-state index contributed by atoms with van der Waals surface area (Å²) < 4.78 is 0.846. The Hall–Kier alpha value is -1.72. The molecule has 2 aromatic carbocycles. The lowest BCUT2D eigenvalue weighted by molar-refractivity contribution is -0.385. The summed E-state index contributed by atoms with van der Waals surface area (Å²) in [6.07, 6.45) is 0.981. The standard InChI is InChI=1S/C16H17BrN2O2/c1-2-12-5-3-4-6-13(12)10-18-11-14-9-15(17)7-8-16(14)19(20)21/h3-9,18H,2,10-11H2,1H3. The second-order valence-electron chi connectivity index (χ2n) is 4.76. The molecule has 0 aromatic heterocycles. The molecule has 110 valence electrons. The average molecular weight is 349 g/mol. The minimum Gasteiger partial charge on any atom is -0.308 e. The third-order valence-electron chi connectivity index (χ3n) is 3.37. The van der Waals surface area contributed by atoms with Gasteiger partial charge in [-0.3, -0.25) is 10.1 Å². The van der Waals surface area contributed by atoms with E-state index in [1.165, 1.54) is 17.2 Å². The highest BCUT2D eigenvalue weighted by atomic mass is 79.9. The Morgan fingerprint density at radius 2 is 1.76 bits per heavy atom. The van der Waals surface area contributed by atoms with Crippen molar-refractivity contribution in [1.29, 1.82) is 0 Å². The van der Waals surface area contributed by atoms with E-state index in [-0.39, 0.29) is 10.6 Å². The number of hydrogen-bond donors (Lipinski definition) is 1.